The lowest BCUT2D eigenvalue weighted by Gasteiger charge is -2.30. The zero-order valence-corrected chi connectivity index (χ0v) is 10.1. The maximum Gasteiger partial charge on any atom is 0.361 e. The summed E-state index contributed by atoms with van der Waals surface area (Å²) in [5, 5.41) is 11.4. The minimum absolute atomic E-state index is 0.0684. The molecule has 0 aliphatic carbocycles. The van der Waals surface area contributed by atoms with E-state index in [9.17, 15) is 9.18 Å². The van der Waals surface area contributed by atoms with Crippen molar-refractivity contribution in [1.82, 2.24) is 5.32 Å². The molecule has 0 spiro atoms. The quantitative estimate of drug-likeness (QED) is 0.790. The highest BCUT2D eigenvalue weighted by molar-refractivity contribution is 5.80. The SMILES string of the molecule is COc1cc2c(cc1OC)C(F)(C(=O)O)NCC2. The molecule has 2 rings (SSSR count). The number of ether oxygens (including phenoxy) is 2. The molecule has 1 aliphatic heterocycles. The highest BCUT2D eigenvalue weighted by atomic mass is 19.1. The van der Waals surface area contributed by atoms with Gasteiger partial charge >= 0.3 is 5.97 Å². The van der Waals surface area contributed by atoms with Gasteiger partial charge in [0.2, 0.25) is 0 Å². The summed E-state index contributed by atoms with van der Waals surface area (Å²) in [6.07, 6.45) is 0.536. The smallest absolute Gasteiger partial charge is 0.361 e. The summed E-state index contributed by atoms with van der Waals surface area (Å²) in [6.45, 7) is 0.255. The highest BCUT2D eigenvalue weighted by Gasteiger charge is 2.44. The van der Waals surface area contributed by atoms with Crippen LogP contribution in [0, 0.1) is 0 Å². The fourth-order valence-electron chi connectivity index (χ4n) is 2.10. The Labute approximate surface area is 104 Å². The first-order chi connectivity index (χ1) is 8.52. The van der Waals surface area contributed by atoms with E-state index in [-0.39, 0.29) is 12.1 Å². The monoisotopic (exact) mass is 255 g/mol. The van der Waals surface area contributed by atoms with Crippen LogP contribution in [0.25, 0.3) is 0 Å². The molecule has 1 unspecified atom stereocenters. The number of rotatable bonds is 3. The highest BCUT2D eigenvalue weighted by Crippen LogP contribution is 2.38. The molecular formula is C12H14FNO4. The third-order valence-electron chi connectivity index (χ3n) is 3.04. The topological polar surface area (TPSA) is 67.8 Å². The number of carboxylic acid groups (broad SMARTS) is 1. The predicted molar refractivity (Wildman–Crippen MR) is 61.7 cm³/mol. The predicted octanol–water partition coefficient (Wildman–Crippen LogP) is 1.06. The normalized spacial score (nSPS) is 22.2. The largest absolute Gasteiger partial charge is 0.493 e. The number of hydrogen-bond donors (Lipinski definition) is 2. The van der Waals surface area contributed by atoms with E-state index in [0.29, 0.717) is 23.5 Å². The van der Waals surface area contributed by atoms with Gasteiger partial charge in [0.15, 0.2) is 11.5 Å². The molecule has 1 heterocycles. The number of aliphatic carboxylic acids is 1. The molecule has 1 aromatic rings. The van der Waals surface area contributed by atoms with E-state index in [2.05, 4.69) is 5.32 Å². The maximum absolute atomic E-state index is 14.4. The van der Waals surface area contributed by atoms with Crippen LogP contribution in [0.4, 0.5) is 4.39 Å². The summed E-state index contributed by atoms with van der Waals surface area (Å²) in [6, 6.07) is 2.99. The molecule has 98 valence electrons. The van der Waals surface area contributed by atoms with E-state index in [1.807, 2.05) is 0 Å². The molecule has 5 nitrogen and oxygen atoms in total. The van der Waals surface area contributed by atoms with Gasteiger partial charge in [-0.25, -0.2) is 9.18 Å². The van der Waals surface area contributed by atoms with Crippen LogP contribution in [-0.4, -0.2) is 31.8 Å². The van der Waals surface area contributed by atoms with Gasteiger partial charge in [0.25, 0.3) is 5.79 Å². The van der Waals surface area contributed by atoms with E-state index in [0.717, 1.165) is 0 Å². The summed E-state index contributed by atoms with van der Waals surface area (Å²) < 4.78 is 24.6. The van der Waals surface area contributed by atoms with Crippen molar-refractivity contribution in [3.63, 3.8) is 0 Å². The molecule has 0 saturated carbocycles. The van der Waals surface area contributed by atoms with Gasteiger partial charge in [0, 0.05) is 12.1 Å². The van der Waals surface area contributed by atoms with Gasteiger partial charge in [-0.3, -0.25) is 5.32 Å². The second kappa shape index (κ2) is 4.45. The van der Waals surface area contributed by atoms with Crippen LogP contribution in [0.3, 0.4) is 0 Å². The van der Waals surface area contributed by atoms with Crippen molar-refractivity contribution in [3.05, 3.63) is 23.3 Å². The first-order valence-corrected chi connectivity index (χ1v) is 5.45. The summed E-state index contributed by atoms with van der Waals surface area (Å²) in [7, 11) is 2.90. The van der Waals surface area contributed by atoms with Gasteiger partial charge in [-0.1, -0.05) is 0 Å². The van der Waals surface area contributed by atoms with Gasteiger partial charge in [0.1, 0.15) is 0 Å². The molecule has 2 N–H and O–H groups in total. The lowest BCUT2D eigenvalue weighted by molar-refractivity contribution is -0.154. The second-order valence-corrected chi connectivity index (χ2v) is 4.00. The van der Waals surface area contributed by atoms with Crippen molar-refractivity contribution in [2.75, 3.05) is 20.8 Å². The summed E-state index contributed by atoms with van der Waals surface area (Å²) in [5.41, 5.74) is 0.676. The number of carboxylic acids is 1. The molecule has 0 saturated heterocycles. The fraction of sp³-hybridized carbons (Fsp3) is 0.417. The number of halogens is 1. The van der Waals surface area contributed by atoms with Crippen molar-refractivity contribution in [3.8, 4) is 11.5 Å². The van der Waals surface area contributed by atoms with Crippen LogP contribution in [-0.2, 0) is 17.0 Å². The third-order valence-corrected chi connectivity index (χ3v) is 3.04. The maximum atomic E-state index is 14.4. The summed E-state index contributed by atoms with van der Waals surface area (Å²) in [4.78, 5) is 11.1. The van der Waals surface area contributed by atoms with Gasteiger partial charge < -0.3 is 14.6 Å². The summed E-state index contributed by atoms with van der Waals surface area (Å²) in [5.74, 6) is -3.36. The molecule has 0 bridgehead atoms. The number of alkyl halides is 1. The Bertz CT molecular complexity index is 491. The molecule has 1 atom stereocenters. The molecule has 1 aliphatic rings. The van der Waals surface area contributed by atoms with E-state index < -0.39 is 11.8 Å². The molecule has 0 fully saturated rings. The average Bonchev–Trinajstić information content (AvgIpc) is 2.37. The molecular weight excluding hydrogens is 241 g/mol. The zero-order chi connectivity index (χ0) is 13.3. The number of nitrogens with one attached hydrogen (secondary N) is 1. The van der Waals surface area contributed by atoms with Crippen LogP contribution >= 0.6 is 0 Å². The van der Waals surface area contributed by atoms with Crippen molar-refractivity contribution in [2.45, 2.75) is 12.2 Å². The van der Waals surface area contributed by atoms with Crippen LogP contribution in [0.15, 0.2) is 12.1 Å². The van der Waals surface area contributed by atoms with E-state index in [4.69, 9.17) is 14.6 Å². The Morgan fingerprint density at radius 3 is 2.56 bits per heavy atom. The Morgan fingerprint density at radius 2 is 2.00 bits per heavy atom. The molecule has 18 heavy (non-hydrogen) atoms. The van der Waals surface area contributed by atoms with E-state index in [1.54, 1.807) is 6.07 Å². The number of carbonyl (C=O) groups is 1. The zero-order valence-electron chi connectivity index (χ0n) is 10.1. The van der Waals surface area contributed by atoms with Crippen LogP contribution < -0.4 is 14.8 Å². The average molecular weight is 255 g/mol. The van der Waals surface area contributed by atoms with E-state index >= 15 is 0 Å². The van der Waals surface area contributed by atoms with Crippen LogP contribution in [0.1, 0.15) is 11.1 Å². The number of methoxy groups -OCH3 is 2. The van der Waals surface area contributed by atoms with Gasteiger partial charge in [0.05, 0.1) is 14.2 Å². The van der Waals surface area contributed by atoms with Crippen molar-refractivity contribution in [2.24, 2.45) is 0 Å². The van der Waals surface area contributed by atoms with Crippen molar-refractivity contribution < 1.29 is 23.8 Å². The van der Waals surface area contributed by atoms with Crippen LogP contribution in [0.5, 0.6) is 11.5 Å². The number of fused-ring (bicyclic) bond motifs is 1. The molecule has 0 aromatic heterocycles. The molecule has 0 amide bonds. The summed E-state index contributed by atoms with van der Waals surface area (Å²) >= 11 is 0. The van der Waals surface area contributed by atoms with Gasteiger partial charge in [-0.15, -0.1) is 0 Å². The first kappa shape index (κ1) is 12.6. The Kier molecular flexibility index (Phi) is 3.13. The lowest BCUT2D eigenvalue weighted by atomic mass is 9.91. The lowest BCUT2D eigenvalue weighted by Crippen LogP contribution is -2.49. The number of hydrogen-bond acceptors (Lipinski definition) is 4. The molecule has 6 heteroatoms. The Morgan fingerprint density at radius 1 is 1.39 bits per heavy atom. The molecule has 0 radical (unpaired) electrons. The second-order valence-electron chi connectivity index (χ2n) is 4.00. The standard InChI is InChI=1S/C12H14FNO4/c1-17-9-5-7-3-4-14-12(13,11(15)16)8(7)6-10(9)18-2/h5-6,14H,3-4H2,1-2H3,(H,15,16). The third kappa shape index (κ3) is 1.78. The van der Waals surface area contributed by atoms with Crippen molar-refractivity contribution in [1.29, 1.82) is 0 Å². The van der Waals surface area contributed by atoms with E-state index in [1.165, 1.54) is 20.3 Å². The Hall–Kier alpha value is -1.82. The van der Waals surface area contributed by atoms with Crippen molar-refractivity contribution >= 4 is 5.97 Å². The minimum Gasteiger partial charge on any atom is -0.493 e. The van der Waals surface area contributed by atoms with Gasteiger partial charge in [-0.2, -0.15) is 0 Å². The first-order valence-electron chi connectivity index (χ1n) is 5.45. The minimum atomic E-state index is -2.58. The number of benzene rings is 1. The fourth-order valence-corrected chi connectivity index (χ4v) is 2.10. The molecule has 1 aromatic carbocycles. The Balaban J connectivity index is 2.61. The van der Waals surface area contributed by atoms with Gasteiger partial charge in [-0.05, 0) is 24.1 Å². The van der Waals surface area contributed by atoms with Crippen LogP contribution in [0.2, 0.25) is 0 Å².